The van der Waals surface area contributed by atoms with Gasteiger partial charge in [0.1, 0.15) is 0 Å². The maximum Gasteiger partial charge on any atom is 2.00 e. The van der Waals surface area contributed by atoms with E-state index in [9.17, 15) is 43.7 Å². The van der Waals surface area contributed by atoms with E-state index >= 15 is 0 Å². The molecule has 0 N–H and O–H groups in total. The van der Waals surface area contributed by atoms with E-state index in [1.165, 1.54) is 24.3 Å². The van der Waals surface area contributed by atoms with E-state index in [1.54, 1.807) is 0 Å². The molecule has 0 aromatic heterocycles. The van der Waals surface area contributed by atoms with Crippen LogP contribution in [0.4, 0.5) is 39.5 Å². The molecule has 0 aliphatic carbocycles. The van der Waals surface area contributed by atoms with E-state index < -0.39 is 65.0 Å². The minimum absolute atomic E-state index is 0. The number of halogens is 12. The molecule has 0 unspecified atom stereocenters. The van der Waals surface area contributed by atoms with Crippen molar-refractivity contribution in [2.24, 2.45) is 0 Å². The van der Waals surface area contributed by atoms with Crippen molar-refractivity contribution in [2.75, 3.05) is 0 Å². The van der Waals surface area contributed by atoms with Gasteiger partial charge in [0.15, 0.2) is 0 Å². The first kappa shape index (κ1) is 39.3. The molecule has 2 nitrogen and oxygen atoms in total. The molecule has 206 valence electrons. The van der Waals surface area contributed by atoms with E-state index in [-0.39, 0.29) is 40.0 Å². The molecule has 0 atom stereocenters. The van der Waals surface area contributed by atoms with Gasteiger partial charge in [-0.15, -0.1) is 0 Å². The fourth-order valence-electron chi connectivity index (χ4n) is 2.41. The molecule has 0 heterocycles. The quantitative estimate of drug-likeness (QED) is 0.162. The molecule has 0 bridgehead atoms. The van der Waals surface area contributed by atoms with Crippen molar-refractivity contribution >= 4 is 64.4 Å². The molecule has 3 aromatic rings. The molecule has 0 aliphatic rings. The van der Waals surface area contributed by atoms with Crippen LogP contribution in [0.25, 0.3) is 0 Å². The standard InChI is InChI=1S/C14H8F6OS.C7H4F3.BrH.Cl2OS.Mg/c15-13(16,17)9-5-1-3-7-11(9)22(21)12-8-4-2-6-10(12)14(18,19)20;8-7(9,10)6-4-2-1-3-5-6;;1-4(2)3;/h1-8H;1-2,4-5H;1H;;/q;-1;;;+2/p-1. The summed E-state index contributed by atoms with van der Waals surface area (Å²) in [4.78, 5) is -1.40. The number of hydrogen-bond donors (Lipinski definition) is 0. The maximum absolute atomic E-state index is 12.9. The van der Waals surface area contributed by atoms with Gasteiger partial charge in [-0.05, 0) is 24.3 Å². The van der Waals surface area contributed by atoms with Crippen LogP contribution in [0.1, 0.15) is 16.7 Å². The Kier molecular flexibility index (Phi) is 17.7. The molecule has 17 heteroatoms. The Morgan fingerprint density at radius 3 is 1.26 bits per heavy atom. The number of rotatable bonds is 2. The molecule has 3 aromatic carbocycles. The van der Waals surface area contributed by atoms with Crippen LogP contribution in [-0.4, -0.2) is 31.5 Å². The first-order valence-corrected chi connectivity index (χ1v) is 12.9. The minimum Gasteiger partial charge on any atom is -1.00 e. The van der Waals surface area contributed by atoms with Gasteiger partial charge in [0.25, 0.3) is 0 Å². The molecule has 38 heavy (non-hydrogen) atoms. The van der Waals surface area contributed by atoms with Crippen LogP contribution in [0.15, 0.2) is 82.6 Å². The Morgan fingerprint density at radius 2 is 1.00 bits per heavy atom. The minimum atomic E-state index is -4.81. The van der Waals surface area contributed by atoms with Gasteiger partial charge in [-0.3, -0.25) is 0 Å². The van der Waals surface area contributed by atoms with E-state index in [2.05, 4.69) is 27.4 Å². The third kappa shape index (κ3) is 13.5. The van der Waals surface area contributed by atoms with Crippen LogP contribution < -0.4 is 17.0 Å². The molecule has 0 saturated carbocycles. The summed E-state index contributed by atoms with van der Waals surface area (Å²) < 4.78 is 134. The van der Waals surface area contributed by atoms with E-state index in [0.29, 0.717) is 12.1 Å². The third-order valence-corrected chi connectivity index (χ3v) is 5.33. The monoisotopic (exact) mass is 704 g/mol. The third-order valence-electron chi connectivity index (χ3n) is 3.82. The van der Waals surface area contributed by atoms with Crippen molar-refractivity contribution in [2.45, 2.75) is 28.3 Å². The van der Waals surface area contributed by atoms with Gasteiger partial charge in [0, 0.05) is 21.4 Å². The summed E-state index contributed by atoms with van der Waals surface area (Å²) in [6.45, 7) is 0. The van der Waals surface area contributed by atoms with Crippen molar-refractivity contribution in [3.05, 3.63) is 95.6 Å². The van der Waals surface area contributed by atoms with Crippen molar-refractivity contribution in [1.29, 1.82) is 0 Å². The molecule has 0 amide bonds. The molecule has 0 aliphatic heterocycles. The van der Waals surface area contributed by atoms with Crippen LogP contribution in [0.3, 0.4) is 0 Å². The Labute approximate surface area is 251 Å². The summed E-state index contributed by atoms with van der Waals surface area (Å²) in [6.07, 6.45) is -13.9. The van der Waals surface area contributed by atoms with E-state index in [4.69, 9.17) is 4.21 Å². The SMILES string of the molecule is FC(F)(F)c1c[c-]ccc1.O=S(Cl)Cl.O=S(c1ccccc1C(F)(F)F)c1ccccc1C(F)(F)F.[Br-].[Mg+2]. The maximum atomic E-state index is 12.9. The van der Waals surface area contributed by atoms with Crippen molar-refractivity contribution < 1.29 is 64.9 Å². The Hall–Kier alpha value is -0.844. The van der Waals surface area contributed by atoms with Gasteiger partial charge in [0.2, 0.25) is 9.23 Å². The summed E-state index contributed by atoms with van der Waals surface area (Å²) in [5.41, 5.74) is -3.09. The fourth-order valence-corrected chi connectivity index (χ4v) is 3.82. The average Bonchev–Trinajstić information content (AvgIpc) is 2.77. The first-order chi connectivity index (χ1) is 16.5. The van der Waals surface area contributed by atoms with Crippen molar-refractivity contribution in [1.82, 2.24) is 0 Å². The van der Waals surface area contributed by atoms with Gasteiger partial charge in [0.05, 0.1) is 31.7 Å². The molecular weight excluding hydrogens is 694 g/mol. The summed E-state index contributed by atoms with van der Waals surface area (Å²) in [6, 6.07) is 14.7. The molecule has 3 rings (SSSR count). The van der Waals surface area contributed by atoms with Crippen LogP contribution in [0.2, 0.25) is 0 Å². The summed E-state index contributed by atoms with van der Waals surface area (Å²) >= 11 is 0. The zero-order valence-electron chi connectivity index (χ0n) is 18.3. The van der Waals surface area contributed by atoms with Gasteiger partial charge in [-0.2, -0.15) is 69.8 Å². The zero-order chi connectivity index (χ0) is 27.7. The van der Waals surface area contributed by atoms with Crippen LogP contribution in [-0.2, 0) is 38.6 Å². The van der Waals surface area contributed by atoms with Gasteiger partial charge in [-0.1, -0.05) is 29.8 Å². The Morgan fingerprint density at radius 1 is 0.632 bits per heavy atom. The van der Waals surface area contributed by atoms with Gasteiger partial charge < -0.3 is 17.0 Å². The second-order valence-corrected chi connectivity index (χ2v) is 10.2. The van der Waals surface area contributed by atoms with Crippen LogP contribution >= 0.6 is 21.4 Å². The average molecular weight is 707 g/mol. The largest absolute Gasteiger partial charge is 2.00 e. The van der Waals surface area contributed by atoms with E-state index in [0.717, 1.165) is 36.4 Å². The molecule has 0 saturated heterocycles. The molecule has 0 radical (unpaired) electrons. The second kappa shape index (κ2) is 17.1. The van der Waals surface area contributed by atoms with Crippen LogP contribution in [0, 0.1) is 6.07 Å². The van der Waals surface area contributed by atoms with E-state index in [1.807, 2.05) is 0 Å². The summed E-state index contributed by atoms with van der Waals surface area (Å²) in [5, 5.41) is 0. The number of hydrogen-bond acceptors (Lipinski definition) is 2. The summed E-state index contributed by atoms with van der Waals surface area (Å²) in [7, 11) is 4.76. The topological polar surface area (TPSA) is 34.1 Å². The Balaban J connectivity index is 0. The predicted molar refractivity (Wildman–Crippen MR) is 123 cm³/mol. The molecule has 0 fully saturated rings. The molecular formula is C21H12BrCl2F9MgO2S2. The van der Waals surface area contributed by atoms with Crippen molar-refractivity contribution in [3.63, 3.8) is 0 Å². The Bertz CT molecular complexity index is 1120. The zero-order valence-corrected chi connectivity index (χ0v) is 24.4. The van der Waals surface area contributed by atoms with Crippen LogP contribution in [0.5, 0.6) is 0 Å². The van der Waals surface area contributed by atoms with Gasteiger partial charge in [-0.25, -0.2) is 8.42 Å². The molecule has 0 spiro atoms. The predicted octanol–water partition coefficient (Wildman–Crippen LogP) is 5.06. The van der Waals surface area contributed by atoms with Crippen molar-refractivity contribution in [3.8, 4) is 0 Å². The number of alkyl halides is 9. The fraction of sp³-hybridized carbons (Fsp3) is 0.143. The summed E-state index contributed by atoms with van der Waals surface area (Å²) in [5.74, 6) is 0. The first-order valence-electron chi connectivity index (χ1n) is 8.98. The smallest absolute Gasteiger partial charge is 1.00 e. The second-order valence-electron chi connectivity index (χ2n) is 6.23. The van der Waals surface area contributed by atoms with Gasteiger partial charge >= 0.3 is 41.6 Å². The normalized spacial score (nSPS) is 11.3. The number of benzene rings is 3.